The molecule has 1 unspecified atom stereocenters. The number of piperazine rings is 1. The molecule has 0 N–H and O–H groups in total. The van der Waals surface area contributed by atoms with E-state index < -0.39 is 0 Å². The lowest BCUT2D eigenvalue weighted by molar-refractivity contribution is 0.0551. The van der Waals surface area contributed by atoms with E-state index in [4.69, 9.17) is 4.52 Å². The fourth-order valence-electron chi connectivity index (χ4n) is 4.40. The third kappa shape index (κ3) is 5.09. The first-order chi connectivity index (χ1) is 16.0. The fraction of sp³-hybridized carbons (Fsp3) is 0.423. The Morgan fingerprint density at radius 3 is 2.27 bits per heavy atom. The van der Waals surface area contributed by atoms with Gasteiger partial charge < -0.3 is 14.3 Å². The summed E-state index contributed by atoms with van der Waals surface area (Å²) in [7, 11) is 0. The minimum Gasteiger partial charge on any atom is -0.369 e. The number of anilines is 1. The van der Waals surface area contributed by atoms with Gasteiger partial charge >= 0.3 is 0 Å². The van der Waals surface area contributed by atoms with Crippen molar-refractivity contribution >= 4 is 11.6 Å². The van der Waals surface area contributed by atoms with Gasteiger partial charge in [0.15, 0.2) is 0 Å². The highest BCUT2D eigenvalue weighted by atomic mass is 16.5. The van der Waals surface area contributed by atoms with Crippen LogP contribution < -0.4 is 4.90 Å². The predicted octanol–water partition coefficient (Wildman–Crippen LogP) is 4.49. The van der Waals surface area contributed by atoms with Crippen LogP contribution in [0.5, 0.6) is 0 Å². The van der Waals surface area contributed by atoms with Gasteiger partial charge in [-0.2, -0.15) is 4.98 Å². The van der Waals surface area contributed by atoms with Gasteiger partial charge in [0.05, 0.1) is 6.04 Å². The molecule has 7 nitrogen and oxygen atoms in total. The zero-order chi connectivity index (χ0) is 23.4. The quantitative estimate of drug-likeness (QED) is 0.532. The van der Waals surface area contributed by atoms with Crippen molar-refractivity contribution in [2.75, 3.05) is 37.6 Å². The first-order valence-corrected chi connectivity index (χ1v) is 11.8. The zero-order valence-corrected chi connectivity index (χ0v) is 19.9. The highest BCUT2D eigenvalue weighted by molar-refractivity contribution is 5.94. The zero-order valence-electron chi connectivity index (χ0n) is 19.9. The molecule has 1 aromatic heterocycles. The van der Waals surface area contributed by atoms with Crippen LogP contribution in [-0.2, 0) is 0 Å². The van der Waals surface area contributed by atoms with Crippen LogP contribution in [0.25, 0.3) is 11.4 Å². The van der Waals surface area contributed by atoms with Crippen LogP contribution in [0.1, 0.15) is 50.0 Å². The number of nitrogens with zero attached hydrogens (tertiary/aromatic N) is 5. The van der Waals surface area contributed by atoms with Crippen LogP contribution >= 0.6 is 0 Å². The van der Waals surface area contributed by atoms with E-state index in [-0.39, 0.29) is 11.9 Å². The van der Waals surface area contributed by atoms with E-state index in [1.165, 1.54) is 0 Å². The molecule has 0 spiro atoms. The van der Waals surface area contributed by atoms with Gasteiger partial charge in [-0.25, -0.2) is 0 Å². The maximum atomic E-state index is 13.0. The van der Waals surface area contributed by atoms with E-state index in [1.807, 2.05) is 47.4 Å². The molecule has 1 aliphatic heterocycles. The van der Waals surface area contributed by atoms with Crippen LogP contribution in [0, 0.1) is 0 Å². The molecule has 0 aliphatic carbocycles. The predicted molar refractivity (Wildman–Crippen MR) is 130 cm³/mol. The Morgan fingerprint density at radius 1 is 1.00 bits per heavy atom. The fourth-order valence-corrected chi connectivity index (χ4v) is 4.40. The summed E-state index contributed by atoms with van der Waals surface area (Å²) in [5.41, 5.74) is 2.83. The maximum absolute atomic E-state index is 13.0. The summed E-state index contributed by atoms with van der Waals surface area (Å²) in [6, 6.07) is 18.3. The summed E-state index contributed by atoms with van der Waals surface area (Å²) >= 11 is 0. The van der Waals surface area contributed by atoms with Crippen molar-refractivity contribution in [3.63, 3.8) is 0 Å². The molecular weight excluding hydrogens is 414 g/mol. The summed E-state index contributed by atoms with van der Waals surface area (Å²) in [4.78, 5) is 24.2. The molecule has 33 heavy (non-hydrogen) atoms. The number of amides is 1. The molecule has 4 rings (SSSR count). The van der Waals surface area contributed by atoms with Gasteiger partial charge in [-0.05, 0) is 52.0 Å². The number of hydrogen-bond acceptors (Lipinski definition) is 6. The molecule has 174 valence electrons. The highest BCUT2D eigenvalue weighted by Crippen LogP contribution is 2.24. The Kier molecular flexibility index (Phi) is 7.08. The lowest BCUT2D eigenvalue weighted by Gasteiger charge is -2.37. The van der Waals surface area contributed by atoms with Crippen molar-refractivity contribution < 1.29 is 9.32 Å². The van der Waals surface area contributed by atoms with E-state index in [2.05, 4.69) is 59.8 Å². The summed E-state index contributed by atoms with van der Waals surface area (Å²) in [6.07, 6.45) is 0. The van der Waals surface area contributed by atoms with E-state index in [0.717, 1.165) is 36.4 Å². The van der Waals surface area contributed by atoms with E-state index in [0.29, 0.717) is 30.8 Å². The molecule has 1 atom stereocenters. The largest absolute Gasteiger partial charge is 0.369 e. The molecule has 2 heterocycles. The molecule has 0 saturated carbocycles. The molecular formula is C26H33N5O2. The number of aromatic nitrogens is 2. The average molecular weight is 448 g/mol. The van der Waals surface area contributed by atoms with Gasteiger partial charge in [0.25, 0.3) is 5.91 Å². The van der Waals surface area contributed by atoms with Gasteiger partial charge in [-0.15, -0.1) is 0 Å². The summed E-state index contributed by atoms with van der Waals surface area (Å²) in [5.74, 6) is 1.30. The van der Waals surface area contributed by atoms with E-state index >= 15 is 0 Å². The Morgan fingerprint density at radius 2 is 1.67 bits per heavy atom. The Balaban J connectivity index is 1.35. The molecule has 1 fully saturated rings. The number of benzene rings is 2. The summed E-state index contributed by atoms with van der Waals surface area (Å²) < 4.78 is 5.55. The molecule has 0 bridgehead atoms. The van der Waals surface area contributed by atoms with Gasteiger partial charge in [-0.1, -0.05) is 35.5 Å². The van der Waals surface area contributed by atoms with E-state index in [1.54, 1.807) is 0 Å². The second kappa shape index (κ2) is 10.2. The SMILES string of the molecule is CCN(c1ccc(C(=O)N2CCN(C(C)c3nc(-c4ccccc4)no3)CC2)cc1)C(C)C. The number of carbonyl (C=O) groups is 1. The van der Waals surface area contributed by atoms with Crippen LogP contribution in [-0.4, -0.2) is 64.6 Å². The van der Waals surface area contributed by atoms with Gasteiger partial charge in [0.1, 0.15) is 0 Å². The van der Waals surface area contributed by atoms with Gasteiger partial charge in [0.2, 0.25) is 11.7 Å². The molecule has 1 amide bonds. The van der Waals surface area contributed by atoms with Crippen LogP contribution in [0.3, 0.4) is 0 Å². The molecule has 0 radical (unpaired) electrons. The van der Waals surface area contributed by atoms with Crippen molar-refractivity contribution in [1.82, 2.24) is 19.9 Å². The van der Waals surface area contributed by atoms with E-state index in [9.17, 15) is 4.79 Å². The minimum absolute atomic E-state index is 0.00237. The normalized spacial score (nSPS) is 15.6. The second-order valence-electron chi connectivity index (χ2n) is 8.75. The van der Waals surface area contributed by atoms with Gasteiger partial charge in [-0.3, -0.25) is 9.69 Å². The Hall–Kier alpha value is -3.19. The molecule has 1 aliphatic rings. The van der Waals surface area contributed by atoms with Crippen molar-refractivity contribution in [2.45, 2.75) is 39.8 Å². The van der Waals surface area contributed by atoms with Crippen LogP contribution in [0.2, 0.25) is 0 Å². The van der Waals surface area contributed by atoms with Crippen molar-refractivity contribution in [2.24, 2.45) is 0 Å². The van der Waals surface area contributed by atoms with Gasteiger partial charge in [0, 0.05) is 55.6 Å². The van der Waals surface area contributed by atoms with Crippen LogP contribution in [0.4, 0.5) is 5.69 Å². The van der Waals surface area contributed by atoms with Crippen molar-refractivity contribution in [3.8, 4) is 11.4 Å². The third-order valence-electron chi connectivity index (χ3n) is 6.39. The molecule has 3 aromatic rings. The number of hydrogen-bond donors (Lipinski definition) is 0. The Bertz CT molecular complexity index is 1040. The monoisotopic (exact) mass is 447 g/mol. The highest BCUT2D eigenvalue weighted by Gasteiger charge is 2.28. The molecule has 1 saturated heterocycles. The second-order valence-corrected chi connectivity index (χ2v) is 8.75. The number of rotatable bonds is 7. The average Bonchev–Trinajstić information content (AvgIpc) is 3.35. The Labute approximate surface area is 196 Å². The standard InChI is InChI=1S/C26H33N5O2/c1-5-31(19(2)3)23-13-11-22(12-14-23)26(32)30-17-15-29(16-18-30)20(4)25-27-24(28-33-25)21-9-7-6-8-10-21/h6-14,19-20H,5,15-18H2,1-4H3. The third-order valence-corrected chi connectivity index (χ3v) is 6.39. The first kappa shape index (κ1) is 23.0. The smallest absolute Gasteiger partial charge is 0.253 e. The lowest BCUT2D eigenvalue weighted by atomic mass is 10.1. The van der Waals surface area contributed by atoms with Crippen LogP contribution in [0.15, 0.2) is 59.1 Å². The maximum Gasteiger partial charge on any atom is 0.253 e. The first-order valence-electron chi connectivity index (χ1n) is 11.8. The number of carbonyl (C=O) groups excluding carboxylic acids is 1. The van der Waals surface area contributed by atoms with Crippen molar-refractivity contribution in [3.05, 3.63) is 66.1 Å². The topological polar surface area (TPSA) is 65.7 Å². The lowest BCUT2D eigenvalue weighted by Crippen LogP contribution is -2.49. The minimum atomic E-state index is 0.00237. The molecule has 2 aromatic carbocycles. The van der Waals surface area contributed by atoms with Crippen molar-refractivity contribution in [1.29, 1.82) is 0 Å². The summed E-state index contributed by atoms with van der Waals surface area (Å²) in [6.45, 7) is 12.4. The summed E-state index contributed by atoms with van der Waals surface area (Å²) in [5, 5.41) is 4.14. The molecule has 7 heteroatoms.